The first-order valence-electron chi connectivity index (χ1n) is 5.17. The fourth-order valence-corrected chi connectivity index (χ4v) is 1.58. The fraction of sp³-hybridized carbons (Fsp3) is 0.500. The second-order valence-corrected chi connectivity index (χ2v) is 5.22. The molecule has 1 unspecified atom stereocenters. The molecule has 1 atom stereocenters. The average molecular weight is 288 g/mol. The van der Waals surface area contributed by atoms with Gasteiger partial charge in [0, 0.05) is 11.8 Å². The molecule has 4 heteroatoms. The molecule has 3 nitrogen and oxygen atoms in total. The van der Waals surface area contributed by atoms with Crippen LogP contribution >= 0.6 is 15.9 Å². The van der Waals surface area contributed by atoms with Crippen molar-refractivity contribution >= 4 is 21.6 Å². The van der Waals surface area contributed by atoms with Crippen molar-refractivity contribution in [3.05, 3.63) is 22.7 Å². The normalized spacial score (nSPS) is 13.4. The molecule has 0 heterocycles. The molecule has 1 rings (SSSR count). The van der Waals surface area contributed by atoms with E-state index in [1.807, 2.05) is 25.1 Å². The summed E-state index contributed by atoms with van der Waals surface area (Å²) < 4.78 is 6.12. The number of aliphatic hydroxyl groups is 1. The van der Waals surface area contributed by atoms with E-state index in [9.17, 15) is 5.11 Å². The smallest absolute Gasteiger partial charge is 0.135 e. The molecule has 0 aliphatic heterocycles. The number of methoxy groups -OCH3 is 1. The molecular formula is C12H18BrNO2. The highest BCUT2D eigenvalue weighted by molar-refractivity contribution is 9.10. The van der Waals surface area contributed by atoms with Crippen LogP contribution < -0.4 is 10.1 Å². The standard InChI is InChI=1S/C12H18BrNO2/c1-8(12(2,3)15)14-9-5-6-10(13)11(7-9)16-4/h5-8,14-15H,1-4H3. The van der Waals surface area contributed by atoms with Crippen molar-refractivity contribution in [3.8, 4) is 5.75 Å². The average Bonchev–Trinajstić information content (AvgIpc) is 2.19. The van der Waals surface area contributed by atoms with Gasteiger partial charge in [-0.1, -0.05) is 0 Å². The second kappa shape index (κ2) is 5.06. The van der Waals surface area contributed by atoms with E-state index < -0.39 is 5.60 Å². The Morgan fingerprint density at radius 1 is 1.44 bits per heavy atom. The first kappa shape index (κ1) is 13.3. The first-order valence-corrected chi connectivity index (χ1v) is 5.96. The van der Waals surface area contributed by atoms with Crippen LogP contribution in [-0.2, 0) is 0 Å². The van der Waals surface area contributed by atoms with Crippen LogP contribution in [0, 0.1) is 0 Å². The molecular weight excluding hydrogens is 270 g/mol. The van der Waals surface area contributed by atoms with E-state index in [0.717, 1.165) is 15.9 Å². The van der Waals surface area contributed by atoms with Gasteiger partial charge in [0.25, 0.3) is 0 Å². The van der Waals surface area contributed by atoms with Gasteiger partial charge in [0.05, 0.1) is 23.2 Å². The third kappa shape index (κ3) is 3.39. The highest BCUT2D eigenvalue weighted by Crippen LogP contribution is 2.28. The van der Waals surface area contributed by atoms with Crippen molar-refractivity contribution in [2.75, 3.05) is 12.4 Å². The minimum atomic E-state index is -0.764. The maximum Gasteiger partial charge on any atom is 0.135 e. The minimum absolute atomic E-state index is 0.0432. The lowest BCUT2D eigenvalue weighted by molar-refractivity contribution is 0.0649. The van der Waals surface area contributed by atoms with Gasteiger partial charge in [-0.25, -0.2) is 0 Å². The zero-order chi connectivity index (χ0) is 12.3. The molecule has 0 saturated heterocycles. The van der Waals surface area contributed by atoms with Gasteiger partial charge in [-0.2, -0.15) is 0 Å². The van der Waals surface area contributed by atoms with E-state index in [1.165, 1.54) is 0 Å². The summed E-state index contributed by atoms with van der Waals surface area (Å²) in [5.74, 6) is 0.771. The SMILES string of the molecule is COc1cc(NC(C)C(C)(C)O)ccc1Br. The maximum absolute atomic E-state index is 9.83. The number of benzene rings is 1. The van der Waals surface area contributed by atoms with Crippen molar-refractivity contribution in [2.45, 2.75) is 32.4 Å². The molecule has 0 radical (unpaired) electrons. The van der Waals surface area contributed by atoms with E-state index in [-0.39, 0.29) is 6.04 Å². The highest BCUT2D eigenvalue weighted by atomic mass is 79.9. The van der Waals surface area contributed by atoms with Gasteiger partial charge in [-0.05, 0) is 48.8 Å². The molecule has 0 bridgehead atoms. The summed E-state index contributed by atoms with van der Waals surface area (Å²) >= 11 is 3.39. The summed E-state index contributed by atoms with van der Waals surface area (Å²) in [5.41, 5.74) is 0.162. The molecule has 2 N–H and O–H groups in total. The molecule has 1 aromatic rings. The minimum Gasteiger partial charge on any atom is -0.495 e. The lowest BCUT2D eigenvalue weighted by Crippen LogP contribution is -2.39. The van der Waals surface area contributed by atoms with E-state index >= 15 is 0 Å². The van der Waals surface area contributed by atoms with Gasteiger partial charge in [0.2, 0.25) is 0 Å². The van der Waals surface area contributed by atoms with Gasteiger partial charge in [-0.3, -0.25) is 0 Å². The molecule has 90 valence electrons. The molecule has 0 aromatic heterocycles. The van der Waals surface area contributed by atoms with Crippen molar-refractivity contribution < 1.29 is 9.84 Å². The Morgan fingerprint density at radius 3 is 2.56 bits per heavy atom. The summed E-state index contributed by atoms with van der Waals surface area (Å²) in [6.45, 7) is 5.50. The number of hydrogen-bond acceptors (Lipinski definition) is 3. The monoisotopic (exact) mass is 287 g/mol. The number of rotatable bonds is 4. The largest absolute Gasteiger partial charge is 0.495 e. The Morgan fingerprint density at radius 2 is 2.06 bits per heavy atom. The van der Waals surface area contributed by atoms with Crippen LogP contribution in [0.15, 0.2) is 22.7 Å². The van der Waals surface area contributed by atoms with E-state index in [0.29, 0.717) is 0 Å². The Balaban J connectivity index is 2.82. The molecule has 0 spiro atoms. The van der Waals surface area contributed by atoms with Crippen molar-refractivity contribution in [3.63, 3.8) is 0 Å². The number of ether oxygens (including phenoxy) is 1. The molecule has 1 aromatic carbocycles. The van der Waals surface area contributed by atoms with Crippen molar-refractivity contribution in [2.24, 2.45) is 0 Å². The molecule has 0 fully saturated rings. The number of halogens is 1. The Kier molecular flexibility index (Phi) is 4.21. The molecule has 0 aliphatic rings. The van der Waals surface area contributed by atoms with Crippen molar-refractivity contribution in [1.82, 2.24) is 0 Å². The third-order valence-electron chi connectivity index (χ3n) is 2.59. The summed E-state index contributed by atoms with van der Waals surface area (Å²) in [7, 11) is 1.63. The maximum atomic E-state index is 9.83. The molecule has 0 aliphatic carbocycles. The summed E-state index contributed by atoms with van der Waals surface area (Å²) in [6.07, 6.45) is 0. The Bertz CT molecular complexity index is 361. The number of nitrogens with one attached hydrogen (secondary N) is 1. The van der Waals surface area contributed by atoms with Crippen LogP contribution in [0.4, 0.5) is 5.69 Å². The summed E-state index contributed by atoms with van der Waals surface area (Å²) in [4.78, 5) is 0. The topological polar surface area (TPSA) is 41.5 Å². The third-order valence-corrected chi connectivity index (χ3v) is 3.25. The lowest BCUT2D eigenvalue weighted by atomic mass is 10.0. The highest BCUT2D eigenvalue weighted by Gasteiger charge is 2.22. The quantitative estimate of drug-likeness (QED) is 0.894. The van der Waals surface area contributed by atoms with E-state index in [2.05, 4.69) is 21.2 Å². The van der Waals surface area contributed by atoms with E-state index in [4.69, 9.17) is 4.74 Å². The van der Waals surface area contributed by atoms with Crippen LogP contribution in [0.3, 0.4) is 0 Å². The lowest BCUT2D eigenvalue weighted by Gasteiger charge is -2.27. The molecule has 16 heavy (non-hydrogen) atoms. The van der Waals surface area contributed by atoms with Gasteiger partial charge >= 0.3 is 0 Å². The summed E-state index contributed by atoms with van der Waals surface area (Å²) in [6, 6.07) is 5.71. The molecule has 0 amide bonds. The Hall–Kier alpha value is -0.740. The number of hydrogen-bond donors (Lipinski definition) is 2. The van der Waals surface area contributed by atoms with Crippen LogP contribution in [0.1, 0.15) is 20.8 Å². The fourth-order valence-electron chi connectivity index (χ4n) is 1.18. The van der Waals surface area contributed by atoms with Crippen LogP contribution in [0.25, 0.3) is 0 Å². The summed E-state index contributed by atoms with van der Waals surface area (Å²) in [5, 5.41) is 13.1. The van der Waals surface area contributed by atoms with Crippen molar-refractivity contribution in [1.29, 1.82) is 0 Å². The van der Waals surface area contributed by atoms with Gasteiger partial charge in [-0.15, -0.1) is 0 Å². The van der Waals surface area contributed by atoms with Gasteiger partial charge in [0.1, 0.15) is 5.75 Å². The zero-order valence-electron chi connectivity index (χ0n) is 10.0. The van der Waals surface area contributed by atoms with Crippen LogP contribution in [0.2, 0.25) is 0 Å². The van der Waals surface area contributed by atoms with Crippen LogP contribution in [0.5, 0.6) is 5.75 Å². The predicted molar refractivity (Wildman–Crippen MR) is 70.1 cm³/mol. The Labute approximate surface area is 105 Å². The van der Waals surface area contributed by atoms with E-state index in [1.54, 1.807) is 21.0 Å². The zero-order valence-corrected chi connectivity index (χ0v) is 11.6. The predicted octanol–water partition coefficient (Wildman–Crippen LogP) is 3.03. The number of anilines is 1. The molecule has 0 saturated carbocycles. The van der Waals surface area contributed by atoms with Crippen LogP contribution in [-0.4, -0.2) is 23.9 Å². The first-order chi connectivity index (χ1) is 7.34. The second-order valence-electron chi connectivity index (χ2n) is 4.37. The van der Waals surface area contributed by atoms with Gasteiger partial charge < -0.3 is 15.2 Å². The van der Waals surface area contributed by atoms with Gasteiger partial charge in [0.15, 0.2) is 0 Å².